The van der Waals surface area contributed by atoms with E-state index in [0.29, 0.717) is 0 Å². The summed E-state index contributed by atoms with van der Waals surface area (Å²) in [6, 6.07) is 0. The van der Waals surface area contributed by atoms with E-state index < -0.39 is 0 Å². The van der Waals surface area contributed by atoms with Crippen LogP contribution in [-0.4, -0.2) is 6.29 Å². The summed E-state index contributed by atoms with van der Waals surface area (Å²) in [5, 5.41) is 0. The predicted molar refractivity (Wildman–Crippen MR) is 62.0 cm³/mol. The minimum absolute atomic E-state index is 0.881. The third-order valence-electron chi connectivity index (χ3n) is 2.39. The van der Waals surface area contributed by atoms with Gasteiger partial charge >= 0.3 is 0 Å². The lowest BCUT2D eigenvalue weighted by molar-refractivity contribution is -0.105. The molecule has 0 amide bonds. The Morgan fingerprint density at radius 1 is 1.27 bits per heavy atom. The zero-order chi connectivity index (χ0) is 10.9. The lowest BCUT2D eigenvalue weighted by atomic mass is 9.93. The fourth-order valence-electron chi connectivity index (χ4n) is 1.54. The van der Waals surface area contributed by atoms with Crippen molar-refractivity contribution in [1.29, 1.82) is 0 Å². The van der Waals surface area contributed by atoms with Gasteiger partial charge < -0.3 is 0 Å². The van der Waals surface area contributed by atoms with E-state index in [-0.39, 0.29) is 0 Å². The van der Waals surface area contributed by atoms with Crippen molar-refractivity contribution in [3.05, 3.63) is 11.1 Å². The molecule has 0 aliphatic heterocycles. The molecular weight excluding hydrogens is 184 g/mol. The van der Waals surface area contributed by atoms with E-state index in [2.05, 4.69) is 30.6 Å². The van der Waals surface area contributed by atoms with Crippen LogP contribution < -0.4 is 0 Å². The first-order valence-corrected chi connectivity index (χ1v) is 5.54. The second kappa shape index (κ2) is 6.91. The molecular formula is C14H16O. The number of hydrogen-bond acceptors (Lipinski definition) is 1. The largest absolute Gasteiger partial charge is 0.298 e. The minimum atomic E-state index is 0.881. The van der Waals surface area contributed by atoms with Crippen molar-refractivity contribution in [2.45, 2.75) is 45.4 Å². The highest BCUT2D eigenvalue weighted by Gasteiger charge is 2.09. The van der Waals surface area contributed by atoms with Gasteiger partial charge in [-0.2, -0.15) is 0 Å². The molecule has 0 radical (unpaired) electrons. The summed E-state index contributed by atoms with van der Waals surface area (Å²) in [5.41, 5.74) is 1.88. The number of carbonyl (C=O) groups is 1. The Bertz CT molecular complexity index is 366. The molecule has 0 saturated carbocycles. The van der Waals surface area contributed by atoms with Gasteiger partial charge in [-0.05, 0) is 43.9 Å². The van der Waals surface area contributed by atoms with Crippen molar-refractivity contribution in [1.82, 2.24) is 0 Å². The molecule has 1 aliphatic rings. The highest BCUT2D eigenvalue weighted by molar-refractivity contribution is 5.76. The first kappa shape index (κ1) is 11.6. The van der Waals surface area contributed by atoms with Crippen molar-refractivity contribution >= 4 is 6.29 Å². The SMILES string of the molecule is CCCC#CC#CC1=C(C=O)CCCC1. The van der Waals surface area contributed by atoms with Gasteiger partial charge in [-0.15, -0.1) is 0 Å². The van der Waals surface area contributed by atoms with Gasteiger partial charge in [-0.1, -0.05) is 18.8 Å². The summed E-state index contributed by atoms with van der Waals surface area (Å²) in [5.74, 6) is 11.6. The molecule has 1 nitrogen and oxygen atoms in total. The number of rotatable bonds is 2. The third-order valence-corrected chi connectivity index (χ3v) is 2.39. The molecule has 0 aromatic heterocycles. The maximum atomic E-state index is 10.7. The van der Waals surface area contributed by atoms with Crippen LogP contribution in [0.4, 0.5) is 0 Å². The summed E-state index contributed by atoms with van der Waals surface area (Å²) in [7, 11) is 0. The zero-order valence-electron chi connectivity index (χ0n) is 9.23. The molecule has 0 spiro atoms. The molecule has 0 atom stereocenters. The van der Waals surface area contributed by atoms with E-state index in [1.165, 1.54) is 0 Å². The summed E-state index contributed by atoms with van der Waals surface area (Å²) in [6.45, 7) is 2.09. The average molecular weight is 200 g/mol. The maximum Gasteiger partial charge on any atom is 0.146 e. The van der Waals surface area contributed by atoms with E-state index >= 15 is 0 Å². The van der Waals surface area contributed by atoms with Crippen LogP contribution >= 0.6 is 0 Å². The summed E-state index contributed by atoms with van der Waals surface area (Å²) >= 11 is 0. The lowest BCUT2D eigenvalue weighted by Crippen LogP contribution is -1.99. The fourth-order valence-corrected chi connectivity index (χ4v) is 1.54. The zero-order valence-corrected chi connectivity index (χ0v) is 9.23. The first-order valence-electron chi connectivity index (χ1n) is 5.54. The molecule has 1 aliphatic carbocycles. The van der Waals surface area contributed by atoms with E-state index in [0.717, 1.165) is 56.0 Å². The minimum Gasteiger partial charge on any atom is -0.298 e. The van der Waals surface area contributed by atoms with E-state index in [1.54, 1.807) is 0 Å². The Morgan fingerprint density at radius 3 is 2.80 bits per heavy atom. The van der Waals surface area contributed by atoms with Crippen LogP contribution in [-0.2, 0) is 4.79 Å². The van der Waals surface area contributed by atoms with Crippen LogP contribution in [0.25, 0.3) is 0 Å². The molecule has 0 fully saturated rings. The van der Waals surface area contributed by atoms with Crippen LogP contribution in [0, 0.1) is 23.7 Å². The van der Waals surface area contributed by atoms with Crippen molar-refractivity contribution in [2.24, 2.45) is 0 Å². The lowest BCUT2D eigenvalue weighted by Gasteiger charge is -2.10. The fraction of sp³-hybridized carbons (Fsp3) is 0.500. The Kier molecular flexibility index (Phi) is 5.34. The second-order valence-electron chi connectivity index (χ2n) is 3.63. The van der Waals surface area contributed by atoms with E-state index in [1.807, 2.05) is 0 Å². The molecule has 1 rings (SSSR count). The van der Waals surface area contributed by atoms with E-state index in [4.69, 9.17) is 0 Å². The van der Waals surface area contributed by atoms with Crippen molar-refractivity contribution in [2.75, 3.05) is 0 Å². The topological polar surface area (TPSA) is 17.1 Å². The molecule has 0 aromatic carbocycles. The van der Waals surface area contributed by atoms with Gasteiger partial charge in [0.15, 0.2) is 0 Å². The van der Waals surface area contributed by atoms with Gasteiger partial charge in [0, 0.05) is 17.6 Å². The van der Waals surface area contributed by atoms with Crippen LogP contribution in [0.5, 0.6) is 0 Å². The molecule has 15 heavy (non-hydrogen) atoms. The molecule has 78 valence electrons. The Morgan fingerprint density at radius 2 is 2.07 bits per heavy atom. The Hall–Kier alpha value is -1.47. The third kappa shape index (κ3) is 4.05. The monoisotopic (exact) mass is 200 g/mol. The Balaban J connectivity index is 2.66. The van der Waals surface area contributed by atoms with Crippen LogP contribution in [0.2, 0.25) is 0 Å². The van der Waals surface area contributed by atoms with Crippen molar-refractivity contribution in [3.63, 3.8) is 0 Å². The highest BCUT2D eigenvalue weighted by Crippen LogP contribution is 2.22. The second-order valence-corrected chi connectivity index (χ2v) is 3.63. The van der Waals surface area contributed by atoms with Gasteiger partial charge in [-0.25, -0.2) is 0 Å². The number of carbonyl (C=O) groups excluding carboxylic acids is 1. The predicted octanol–water partition coefficient (Wildman–Crippen LogP) is 2.86. The number of unbranched alkanes of at least 4 members (excludes halogenated alkanes) is 1. The summed E-state index contributed by atoms with van der Waals surface area (Å²) < 4.78 is 0. The van der Waals surface area contributed by atoms with Crippen LogP contribution in [0.15, 0.2) is 11.1 Å². The highest BCUT2D eigenvalue weighted by atomic mass is 16.1. The molecule has 1 heteroatoms. The smallest absolute Gasteiger partial charge is 0.146 e. The van der Waals surface area contributed by atoms with Gasteiger partial charge in [0.2, 0.25) is 0 Å². The molecule has 0 unspecified atom stereocenters. The van der Waals surface area contributed by atoms with Crippen molar-refractivity contribution < 1.29 is 4.79 Å². The van der Waals surface area contributed by atoms with Crippen molar-refractivity contribution in [3.8, 4) is 23.7 Å². The summed E-state index contributed by atoms with van der Waals surface area (Å²) in [6.07, 6.45) is 6.99. The number of hydrogen-bond donors (Lipinski definition) is 0. The molecule has 0 heterocycles. The van der Waals surface area contributed by atoms with Gasteiger partial charge in [0.1, 0.15) is 6.29 Å². The van der Waals surface area contributed by atoms with Crippen LogP contribution in [0.3, 0.4) is 0 Å². The van der Waals surface area contributed by atoms with E-state index in [9.17, 15) is 4.79 Å². The molecule has 0 N–H and O–H groups in total. The first-order chi connectivity index (χ1) is 7.38. The molecule has 0 bridgehead atoms. The average Bonchev–Trinajstić information content (AvgIpc) is 2.29. The number of aldehydes is 1. The quantitative estimate of drug-likeness (QED) is 0.495. The molecule has 0 aromatic rings. The van der Waals surface area contributed by atoms with Gasteiger partial charge in [0.05, 0.1) is 0 Å². The maximum absolute atomic E-state index is 10.7. The van der Waals surface area contributed by atoms with Gasteiger partial charge in [-0.3, -0.25) is 4.79 Å². The Labute approximate surface area is 91.9 Å². The normalized spacial score (nSPS) is 14.7. The standard InChI is InChI=1S/C14H16O/c1-2-3-4-5-6-9-13-10-7-8-11-14(13)12-15/h12H,2-3,7-8,10-11H2,1H3. The number of allylic oxidation sites excluding steroid dienone is 2. The van der Waals surface area contributed by atoms with Crippen LogP contribution in [0.1, 0.15) is 45.4 Å². The summed E-state index contributed by atoms with van der Waals surface area (Å²) in [4.78, 5) is 10.7. The van der Waals surface area contributed by atoms with Gasteiger partial charge in [0.25, 0.3) is 0 Å². The molecule has 0 saturated heterocycles.